The lowest BCUT2D eigenvalue weighted by Gasteiger charge is -2.10. The number of H-pyrrole nitrogens is 2. The van der Waals surface area contributed by atoms with E-state index in [2.05, 4.69) is 30.8 Å². The number of ether oxygens (including phenoxy) is 1. The number of nitrogens with two attached hydrogens (primary N) is 1. The Labute approximate surface area is 193 Å². The van der Waals surface area contributed by atoms with Gasteiger partial charge in [0.05, 0.1) is 22.3 Å². The fraction of sp³-hybridized carbons (Fsp3) is 0. The maximum Gasteiger partial charge on any atom is 0.179 e. The minimum atomic E-state index is 0.398. The lowest BCUT2D eigenvalue weighted by molar-refractivity contribution is 0.483. The molecule has 0 atom stereocenters. The summed E-state index contributed by atoms with van der Waals surface area (Å²) in [6.07, 6.45) is 0. The van der Waals surface area contributed by atoms with Crippen molar-refractivity contribution >= 4 is 16.7 Å². The topological polar surface area (TPSA) is 131 Å². The average Bonchev–Trinajstić information content (AvgIpc) is 3.55. The number of hydrogen-bond acceptors (Lipinski definition) is 7. The van der Waals surface area contributed by atoms with Crippen LogP contribution in [0.2, 0.25) is 0 Å². The number of para-hydroxylation sites is 1. The van der Waals surface area contributed by atoms with Crippen LogP contribution < -0.4 is 10.5 Å². The minimum Gasteiger partial charge on any atom is -0.457 e. The van der Waals surface area contributed by atoms with Crippen molar-refractivity contribution in [2.24, 2.45) is 0 Å². The molecule has 3 aromatic carbocycles. The molecule has 6 rings (SSSR count). The van der Waals surface area contributed by atoms with Gasteiger partial charge in [0.25, 0.3) is 0 Å². The van der Waals surface area contributed by atoms with Gasteiger partial charge in [-0.3, -0.25) is 5.10 Å². The molecule has 0 radical (unpaired) electrons. The Bertz CT molecular complexity index is 1580. The maximum absolute atomic E-state index is 6.19. The second-order valence-electron chi connectivity index (χ2n) is 7.66. The van der Waals surface area contributed by atoms with Crippen molar-refractivity contribution in [3.8, 4) is 45.4 Å². The molecule has 0 fully saturated rings. The van der Waals surface area contributed by atoms with Crippen LogP contribution in [0.15, 0.2) is 84.9 Å². The van der Waals surface area contributed by atoms with E-state index < -0.39 is 0 Å². The van der Waals surface area contributed by atoms with Gasteiger partial charge in [-0.25, -0.2) is 10.1 Å². The molecule has 0 bridgehead atoms. The largest absolute Gasteiger partial charge is 0.457 e. The number of benzene rings is 3. The number of nitrogen functional groups attached to an aromatic ring is 1. The van der Waals surface area contributed by atoms with Crippen molar-refractivity contribution in [1.29, 1.82) is 0 Å². The highest BCUT2D eigenvalue weighted by atomic mass is 16.5. The highest BCUT2D eigenvalue weighted by Gasteiger charge is 2.16. The summed E-state index contributed by atoms with van der Waals surface area (Å²) in [5.41, 5.74) is 11.2. The number of pyridine rings is 1. The van der Waals surface area contributed by atoms with Gasteiger partial charge in [0.2, 0.25) is 0 Å². The van der Waals surface area contributed by atoms with Gasteiger partial charge >= 0.3 is 0 Å². The monoisotopic (exact) mass is 446 g/mol. The zero-order valence-corrected chi connectivity index (χ0v) is 17.8. The van der Waals surface area contributed by atoms with Crippen LogP contribution in [0.1, 0.15) is 0 Å². The summed E-state index contributed by atoms with van der Waals surface area (Å²) in [6, 6.07) is 27.2. The molecule has 3 aromatic heterocycles. The molecule has 0 saturated heterocycles. The summed E-state index contributed by atoms with van der Waals surface area (Å²) in [6.45, 7) is 0. The predicted molar refractivity (Wildman–Crippen MR) is 129 cm³/mol. The first kappa shape index (κ1) is 19.6. The van der Waals surface area contributed by atoms with Crippen molar-refractivity contribution in [3.05, 3.63) is 84.9 Å². The van der Waals surface area contributed by atoms with Crippen LogP contribution in [0.25, 0.3) is 44.8 Å². The number of fused-ring (bicyclic) bond motifs is 1. The summed E-state index contributed by atoms with van der Waals surface area (Å²) in [5, 5.41) is 22.1. The van der Waals surface area contributed by atoms with E-state index in [1.54, 1.807) is 0 Å². The number of hydrogen-bond donors (Lipinski definition) is 3. The number of rotatable bonds is 5. The zero-order chi connectivity index (χ0) is 22.9. The SMILES string of the molecule is Nc1n[nH]c2cc(-c3cccc(-c4nnn[nH]4)c3)nc(-c3ccc(Oc4ccccc4)cc3)c12. The predicted octanol–water partition coefficient (Wildman–Crippen LogP) is 4.85. The molecule has 0 spiro atoms. The summed E-state index contributed by atoms with van der Waals surface area (Å²) >= 11 is 0. The molecule has 9 nitrogen and oxygen atoms in total. The summed E-state index contributed by atoms with van der Waals surface area (Å²) in [4.78, 5) is 4.97. The van der Waals surface area contributed by atoms with Crippen LogP contribution in [-0.4, -0.2) is 35.8 Å². The second-order valence-corrected chi connectivity index (χ2v) is 7.66. The molecule has 0 unspecified atom stereocenters. The summed E-state index contributed by atoms with van der Waals surface area (Å²) < 4.78 is 5.92. The fourth-order valence-corrected chi connectivity index (χ4v) is 3.84. The first-order valence-electron chi connectivity index (χ1n) is 10.6. The fourth-order valence-electron chi connectivity index (χ4n) is 3.84. The molecule has 0 aliphatic carbocycles. The number of aromatic amines is 2. The zero-order valence-electron chi connectivity index (χ0n) is 17.8. The van der Waals surface area contributed by atoms with Gasteiger partial charge in [-0.2, -0.15) is 5.10 Å². The smallest absolute Gasteiger partial charge is 0.179 e. The third kappa shape index (κ3) is 3.61. The Morgan fingerprint density at radius 2 is 1.53 bits per heavy atom. The molecule has 164 valence electrons. The van der Waals surface area contributed by atoms with Crippen molar-refractivity contribution in [2.75, 3.05) is 5.73 Å². The van der Waals surface area contributed by atoms with Gasteiger partial charge in [-0.1, -0.05) is 36.4 Å². The number of aromatic nitrogens is 7. The van der Waals surface area contributed by atoms with Crippen molar-refractivity contribution in [1.82, 2.24) is 35.8 Å². The van der Waals surface area contributed by atoms with Crippen molar-refractivity contribution < 1.29 is 4.74 Å². The molecular weight excluding hydrogens is 428 g/mol. The molecular formula is C25H18N8O. The maximum atomic E-state index is 6.19. The molecule has 0 saturated carbocycles. The highest BCUT2D eigenvalue weighted by molar-refractivity contribution is 6.01. The number of nitrogens with one attached hydrogen (secondary N) is 2. The first-order chi connectivity index (χ1) is 16.7. The van der Waals surface area contributed by atoms with Crippen LogP contribution >= 0.6 is 0 Å². The molecule has 6 aromatic rings. The standard InChI is InChI=1S/C25H18N8O/c26-24-22-21(28-29-24)14-20(16-5-4-6-17(13-16)25-30-32-33-31-25)27-23(22)15-9-11-19(12-10-15)34-18-7-2-1-3-8-18/h1-14H,(H3,26,28,29)(H,30,31,32,33). The van der Waals surface area contributed by atoms with Crippen LogP contribution in [0.3, 0.4) is 0 Å². The van der Waals surface area contributed by atoms with Gasteiger partial charge in [-0.05, 0) is 59.0 Å². The van der Waals surface area contributed by atoms with Gasteiger partial charge < -0.3 is 10.5 Å². The molecule has 34 heavy (non-hydrogen) atoms. The van der Waals surface area contributed by atoms with E-state index in [-0.39, 0.29) is 0 Å². The van der Waals surface area contributed by atoms with E-state index in [0.717, 1.165) is 50.5 Å². The van der Waals surface area contributed by atoms with Gasteiger partial charge in [0, 0.05) is 16.7 Å². The van der Waals surface area contributed by atoms with Crippen LogP contribution in [-0.2, 0) is 0 Å². The molecule has 3 heterocycles. The molecule has 0 amide bonds. The molecule has 0 aliphatic heterocycles. The van der Waals surface area contributed by atoms with Crippen molar-refractivity contribution in [3.63, 3.8) is 0 Å². The normalized spacial score (nSPS) is 11.1. The molecule has 0 aliphatic rings. The average molecular weight is 446 g/mol. The first-order valence-corrected chi connectivity index (χ1v) is 10.6. The van der Waals surface area contributed by atoms with Gasteiger partial charge in [-0.15, -0.1) is 5.10 Å². The minimum absolute atomic E-state index is 0.398. The third-order valence-electron chi connectivity index (χ3n) is 5.46. The molecule has 9 heteroatoms. The Morgan fingerprint density at radius 3 is 2.32 bits per heavy atom. The van der Waals surface area contributed by atoms with Gasteiger partial charge in [0.15, 0.2) is 11.6 Å². The second kappa shape index (κ2) is 8.14. The lowest BCUT2D eigenvalue weighted by Crippen LogP contribution is -1.93. The number of nitrogens with zero attached hydrogens (tertiary/aromatic N) is 5. The van der Waals surface area contributed by atoms with E-state index in [1.165, 1.54) is 0 Å². The molecule has 4 N–H and O–H groups in total. The number of tetrazole rings is 1. The van der Waals surface area contributed by atoms with Crippen LogP contribution in [0.5, 0.6) is 11.5 Å². The highest BCUT2D eigenvalue weighted by Crippen LogP contribution is 2.35. The van der Waals surface area contributed by atoms with Crippen LogP contribution in [0.4, 0.5) is 5.82 Å². The van der Waals surface area contributed by atoms with Gasteiger partial charge in [0.1, 0.15) is 11.5 Å². The summed E-state index contributed by atoms with van der Waals surface area (Å²) in [5.74, 6) is 2.49. The Balaban J connectivity index is 1.42. The van der Waals surface area contributed by atoms with E-state index in [4.69, 9.17) is 15.5 Å². The Morgan fingerprint density at radius 1 is 0.735 bits per heavy atom. The quantitative estimate of drug-likeness (QED) is 0.345. The van der Waals surface area contributed by atoms with Crippen LogP contribution in [0, 0.1) is 0 Å². The van der Waals surface area contributed by atoms with E-state index in [0.29, 0.717) is 11.6 Å². The van der Waals surface area contributed by atoms with E-state index in [1.807, 2.05) is 84.9 Å². The van der Waals surface area contributed by atoms with Crippen molar-refractivity contribution in [2.45, 2.75) is 0 Å². The Kier molecular flexibility index (Phi) is 4.70. The van der Waals surface area contributed by atoms with E-state index >= 15 is 0 Å². The Hall–Kier alpha value is -5.05. The number of anilines is 1. The lowest BCUT2D eigenvalue weighted by atomic mass is 10.0. The van der Waals surface area contributed by atoms with E-state index in [9.17, 15) is 0 Å². The summed E-state index contributed by atoms with van der Waals surface area (Å²) in [7, 11) is 0. The third-order valence-corrected chi connectivity index (χ3v) is 5.46.